The Morgan fingerprint density at radius 3 is 1.87 bits per heavy atom. The number of hydrogen-bond donors (Lipinski definition) is 18. The molecule has 0 amide bonds. The molecule has 21 atom stereocenters. The summed E-state index contributed by atoms with van der Waals surface area (Å²) in [6.45, 7) is -2.00. The molecular formula is C59H63O36+. The molecule has 514 valence electrons. The number of benzene rings is 4. The van der Waals surface area contributed by atoms with Gasteiger partial charge in [0.05, 0.1) is 30.4 Å². The van der Waals surface area contributed by atoms with Crippen LogP contribution in [0.3, 0.4) is 0 Å². The summed E-state index contributed by atoms with van der Waals surface area (Å²) in [6, 6.07) is 13.0. The number of carbonyl (C=O) groups is 4. The van der Waals surface area contributed by atoms with Crippen molar-refractivity contribution >= 4 is 29.6 Å². The van der Waals surface area contributed by atoms with Crippen LogP contribution in [0.4, 0.5) is 0 Å². The lowest BCUT2D eigenvalue weighted by molar-refractivity contribution is -0.364. The molecule has 95 heavy (non-hydrogen) atoms. The molecule has 1 aliphatic carbocycles. The van der Waals surface area contributed by atoms with Gasteiger partial charge in [-0.25, -0.2) is 4.79 Å². The van der Waals surface area contributed by atoms with Crippen LogP contribution in [-0.2, 0) is 61.8 Å². The van der Waals surface area contributed by atoms with Crippen LogP contribution in [0.2, 0.25) is 0 Å². The van der Waals surface area contributed by atoms with Gasteiger partial charge in [-0.1, -0.05) is 0 Å². The quantitative estimate of drug-likeness (QED) is 0.0123. The Morgan fingerprint density at radius 2 is 1.21 bits per heavy atom. The smallest absolute Gasteiger partial charge is 0.335 e. The highest BCUT2D eigenvalue weighted by molar-refractivity contribution is 5.91. The molecule has 0 spiro atoms. The standard InChI is InChI=1S/C59H62O36/c1-18(62)84-50-40(73)34(91-57(47(50)80)88-31-13-24-26(66)9-22(64)10-29(24)86-48(31)20-4-7-25(65)27(67)8-20)17-83-35(69)14-36(70)92-53-45(78)44(77)52(55(81)82)94-58(53)85-23-11-28(68)37-30(12-23)87-49(19-2-5-21(63)6-3-19)51(41(37)74)93-59-54(43(76)39(72)33(16-61)90-59)95-56-46(79)42(75)38(71)32(15-60)89-56/h2-13,32-34,38-40,42-47,49-50,52-54,56-61,63,65-68,71-80H,14-17H2,1H3,(H,81,82)/p+1. The number of aliphatic carboxylic acids is 1. The number of carbonyl (C=O) groups excluding carboxylic acids is 3. The molecule has 0 aromatic heterocycles. The Labute approximate surface area is 531 Å². The van der Waals surface area contributed by atoms with Gasteiger partial charge in [0.1, 0.15) is 109 Å². The molecule has 4 saturated heterocycles. The maximum absolute atomic E-state index is 13.6. The number of phenols is 5. The number of esters is 3. The van der Waals surface area contributed by atoms with Crippen molar-refractivity contribution in [3.63, 3.8) is 0 Å². The molecule has 0 radical (unpaired) electrons. The normalized spacial score (nSPS) is 32.3. The van der Waals surface area contributed by atoms with E-state index in [1.165, 1.54) is 30.3 Å². The third kappa shape index (κ3) is 14.2. The second-order valence-electron chi connectivity index (χ2n) is 22.2. The Kier molecular flexibility index (Phi) is 20.4. The van der Waals surface area contributed by atoms with Gasteiger partial charge in [-0.05, 0) is 48.5 Å². The van der Waals surface area contributed by atoms with Crippen LogP contribution in [0, 0.1) is 0 Å². The van der Waals surface area contributed by atoms with Gasteiger partial charge in [-0.3, -0.25) is 19.2 Å². The van der Waals surface area contributed by atoms with Gasteiger partial charge in [0.25, 0.3) is 11.9 Å². The fourth-order valence-electron chi connectivity index (χ4n) is 10.9. The van der Waals surface area contributed by atoms with Crippen LogP contribution < -0.4 is 14.9 Å². The first-order chi connectivity index (χ1) is 45.0. The summed E-state index contributed by atoms with van der Waals surface area (Å²) in [6.07, 6.45) is -43.7. The second-order valence-corrected chi connectivity index (χ2v) is 22.2. The van der Waals surface area contributed by atoms with Gasteiger partial charge < -0.3 is 153 Å². The third-order valence-electron chi connectivity index (χ3n) is 15.7. The molecule has 36 heteroatoms. The van der Waals surface area contributed by atoms with E-state index in [-0.39, 0.29) is 34.0 Å². The maximum atomic E-state index is 13.6. The van der Waals surface area contributed by atoms with E-state index in [4.69, 9.17) is 56.5 Å². The zero-order chi connectivity index (χ0) is 68.8. The lowest BCUT2D eigenvalue weighted by Crippen LogP contribution is -2.64. The number of hydrogen-bond acceptors (Lipinski definition) is 34. The van der Waals surface area contributed by atoms with Crippen molar-refractivity contribution in [1.29, 1.82) is 0 Å². The second kappa shape index (κ2) is 28.2. The number of ether oxygens (including phenoxy) is 12. The summed E-state index contributed by atoms with van der Waals surface area (Å²) in [7, 11) is 0. The van der Waals surface area contributed by atoms with Gasteiger partial charge in [0.15, 0.2) is 76.6 Å². The molecule has 4 fully saturated rings. The van der Waals surface area contributed by atoms with E-state index in [0.717, 1.165) is 49.4 Å². The summed E-state index contributed by atoms with van der Waals surface area (Å²) in [5, 5.41) is 193. The summed E-state index contributed by atoms with van der Waals surface area (Å²) in [5.74, 6) is -12.5. The fourth-order valence-corrected chi connectivity index (χ4v) is 10.9. The van der Waals surface area contributed by atoms with E-state index < -0.39 is 242 Å². The minimum absolute atomic E-state index is 0.0212. The SMILES string of the molecule is CC(=O)OC1C(O)C(COC(=O)CC(=O)OC2C(Oc3cc(O)c4c(c3)[OH+]C(c3ccc(O)cc3)C(OC3OC(CO)C(O)C(O)C3OC3OC(CO)C(O)C(O)C3O)=C4O)OC(C(=O)O)C(O)C2O)OC(Oc2cc3c(O)cc(=O)cc-3oc2-c2ccc(O)c(O)c2)C1O. The topological polar surface area (TPSA) is 577 Å². The van der Waals surface area contributed by atoms with Crippen LogP contribution in [0.25, 0.3) is 28.4 Å². The van der Waals surface area contributed by atoms with Gasteiger partial charge in [0.2, 0.25) is 24.6 Å². The molecule has 6 aliphatic heterocycles. The molecule has 36 nitrogen and oxygen atoms in total. The van der Waals surface area contributed by atoms with Crippen molar-refractivity contribution in [2.45, 2.75) is 142 Å². The predicted molar refractivity (Wildman–Crippen MR) is 301 cm³/mol. The predicted octanol–water partition coefficient (Wildman–Crippen LogP) is -3.98. The van der Waals surface area contributed by atoms with E-state index in [0.29, 0.717) is 0 Å². The third-order valence-corrected chi connectivity index (χ3v) is 15.7. The molecule has 6 heterocycles. The summed E-state index contributed by atoms with van der Waals surface area (Å²) >= 11 is 0. The highest BCUT2D eigenvalue weighted by atomic mass is 16.8. The number of carboxylic acid groups (broad SMARTS) is 1. The number of aromatic hydroxyl groups is 6. The van der Waals surface area contributed by atoms with Gasteiger partial charge >= 0.3 is 23.9 Å². The molecule has 21 unspecified atom stereocenters. The van der Waals surface area contributed by atoms with E-state index >= 15 is 0 Å². The summed E-state index contributed by atoms with van der Waals surface area (Å²) < 4.78 is 72.3. The first-order valence-electron chi connectivity index (χ1n) is 28.6. The van der Waals surface area contributed by atoms with Crippen molar-refractivity contribution in [3.05, 3.63) is 99.9 Å². The average molecular weight is 1350 g/mol. The van der Waals surface area contributed by atoms with E-state index in [1.807, 2.05) is 0 Å². The lowest BCUT2D eigenvalue weighted by Gasteiger charge is -2.46. The number of aliphatic hydroxyl groups excluding tert-OH is 12. The summed E-state index contributed by atoms with van der Waals surface area (Å²) in [5.41, 5.74) is -1.32. The van der Waals surface area contributed by atoms with E-state index in [2.05, 4.69) is 4.74 Å². The minimum Gasteiger partial charge on any atom is -0.571 e. The first kappa shape index (κ1) is 68.9. The molecular weight excluding hydrogens is 1280 g/mol. The highest BCUT2D eigenvalue weighted by Crippen LogP contribution is 2.50. The van der Waals surface area contributed by atoms with Gasteiger partial charge in [-0.15, -0.1) is 0 Å². The molecule has 7 aliphatic rings. The molecule has 0 bridgehead atoms. The fraction of sp³-hybridized carbons (Fsp3) is 0.441. The Morgan fingerprint density at radius 1 is 0.558 bits per heavy atom. The Bertz CT molecular complexity index is 3680. The number of phenolic OH excluding ortho intramolecular Hbond substituents is 5. The minimum atomic E-state index is -2.41. The molecule has 3 aromatic carbocycles. The Hall–Kier alpha value is -8.93. The van der Waals surface area contributed by atoms with E-state index in [1.54, 1.807) is 0 Å². The van der Waals surface area contributed by atoms with Crippen molar-refractivity contribution in [3.8, 4) is 68.6 Å². The average Bonchev–Trinajstić information content (AvgIpc) is 0.762. The monoisotopic (exact) mass is 1350 g/mol. The van der Waals surface area contributed by atoms with Crippen molar-refractivity contribution in [1.82, 2.24) is 0 Å². The number of aliphatic hydroxyl groups is 13. The maximum Gasteiger partial charge on any atom is 0.335 e. The summed E-state index contributed by atoms with van der Waals surface area (Å²) in [4.78, 5) is 63.8. The Balaban J connectivity index is 0.877. The largest absolute Gasteiger partial charge is 0.571 e. The zero-order valence-corrected chi connectivity index (χ0v) is 48.8. The van der Waals surface area contributed by atoms with Crippen LogP contribution in [0.1, 0.15) is 30.6 Å². The van der Waals surface area contributed by atoms with Gasteiger partial charge in [-0.2, -0.15) is 0 Å². The zero-order valence-electron chi connectivity index (χ0n) is 48.8. The first-order valence-corrected chi connectivity index (χ1v) is 28.6. The number of carboxylic acids is 1. The highest BCUT2D eigenvalue weighted by Gasteiger charge is 2.55. The molecule has 10 rings (SSSR count). The van der Waals surface area contributed by atoms with Crippen molar-refractivity contribution < 1.29 is 172 Å². The number of rotatable bonds is 19. The van der Waals surface area contributed by atoms with Gasteiger partial charge in [0, 0.05) is 30.7 Å². The number of fused-ring (bicyclic) bond motifs is 2. The molecule has 19 N–H and O–H groups in total. The van der Waals surface area contributed by atoms with Crippen molar-refractivity contribution in [2.24, 2.45) is 0 Å². The van der Waals surface area contributed by atoms with Crippen LogP contribution in [0.5, 0.6) is 46.0 Å². The van der Waals surface area contributed by atoms with E-state index in [9.17, 15) is 116 Å². The van der Waals surface area contributed by atoms with Crippen LogP contribution in [-0.4, -0.2) is 263 Å². The van der Waals surface area contributed by atoms with Crippen molar-refractivity contribution in [2.75, 3.05) is 19.8 Å². The molecule has 3 aromatic rings. The van der Waals surface area contributed by atoms with Crippen LogP contribution in [0.15, 0.2) is 87.8 Å². The molecule has 0 saturated carbocycles. The lowest BCUT2D eigenvalue weighted by atomic mass is 9.96. The van der Waals surface area contributed by atoms with Crippen LogP contribution >= 0.6 is 0 Å².